The van der Waals surface area contributed by atoms with Gasteiger partial charge in [0.15, 0.2) is 39.2 Å². The summed E-state index contributed by atoms with van der Waals surface area (Å²) in [4.78, 5) is 65.8. The monoisotopic (exact) mass is 1980 g/mol. The van der Waals surface area contributed by atoms with Gasteiger partial charge in [-0.15, -0.1) is 0 Å². The molecule has 0 bridgehead atoms. The second-order valence-corrected chi connectivity index (χ2v) is 47.1. The van der Waals surface area contributed by atoms with Crippen LogP contribution in [0.15, 0.2) is 181 Å². The van der Waals surface area contributed by atoms with E-state index in [-0.39, 0.29) is 85.8 Å². The molecule has 3 heterocycles. The minimum Gasteiger partial charge on any atom is -0.426 e. The fourth-order valence-electron chi connectivity index (χ4n) is 7.94. The van der Waals surface area contributed by atoms with E-state index in [2.05, 4.69) is 158 Å². The lowest BCUT2D eigenvalue weighted by Gasteiger charge is -2.18. The van der Waals surface area contributed by atoms with E-state index in [1.54, 1.807) is 19.1 Å². The molecule has 0 spiro atoms. The summed E-state index contributed by atoms with van der Waals surface area (Å²) in [5, 5.41) is 0. The lowest BCUT2D eigenvalue weighted by Crippen LogP contribution is -2.32. The molecule has 13 nitrogen and oxygen atoms in total. The normalized spacial score (nSPS) is 16.8. The van der Waals surface area contributed by atoms with Crippen molar-refractivity contribution in [2.45, 2.75) is 103 Å². The number of hydrogen-bond acceptors (Lipinski definition) is 14. The molecule has 3 aliphatic heterocycles. The van der Waals surface area contributed by atoms with Crippen molar-refractivity contribution in [2.75, 3.05) is 89.5 Å². The van der Waals surface area contributed by atoms with Gasteiger partial charge in [0.05, 0.1) is 35.6 Å². The Kier molecular flexibility index (Phi) is 37.0. The molecule has 0 amide bonds. The van der Waals surface area contributed by atoms with Crippen molar-refractivity contribution in [1.82, 2.24) is 0 Å². The molecule has 5 unspecified atom stereocenters. The van der Waals surface area contributed by atoms with Gasteiger partial charge in [0.25, 0.3) is 0 Å². The van der Waals surface area contributed by atoms with E-state index >= 15 is 0 Å². The Bertz CT molecular complexity index is 3330. The number of ether oxygens (including phenoxy) is 6. The number of thioether (sulfide) groups is 1. The third-order valence-electron chi connectivity index (χ3n) is 13.8. The Morgan fingerprint density at radius 2 is 0.819 bits per heavy atom. The zero-order chi connectivity index (χ0) is 69.2. The summed E-state index contributed by atoms with van der Waals surface area (Å²) in [7, 11) is -1.87. The van der Waals surface area contributed by atoms with Crippen LogP contribution >= 0.6 is 125 Å². The molecule has 6 aromatic rings. The molecule has 3 fully saturated rings. The van der Waals surface area contributed by atoms with Gasteiger partial charge in [0, 0.05) is 55.1 Å². The van der Waals surface area contributed by atoms with Gasteiger partial charge >= 0.3 is 29.8 Å². The molecule has 5 atom stereocenters. The fraction of sp³-hybridized carbons (Fsp3) is 0.406. The van der Waals surface area contributed by atoms with Gasteiger partial charge in [-0.25, -0.2) is 8.42 Å². The lowest BCUT2D eigenvalue weighted by atomic mass is 10.1. The third kappa shape index (κ3) is 29.9. The molecule has 9 rings (SSSR count). The largest absolute Gasteiger partial charge is 0.426 e. The quantitative estimate of drug-likeness (QED) is 0.0277. The maximum atomic E-state index is 12.1. The molecule has 3 aliphatic rings. The van der Waals surface area contributed by atoms with Crippen molar-refractivity contribution in [3.63, 3.8) is 0 Å². The molecule has 0 aromatic heterocycles. The Morgan fingerprint density at radius 3 is 1.18 bits per heavy atom. The molecule has 0 aliphatic carbocycles. The predicted octanol–water partition coefficient (Wildman–Crippen LogP) is 15.3. The Balaban J connectivity index is 0.000000214. The number of carbonyl (C=O) groups is 5. The molecule has 0 N–H and O–H groups in total. The van der Waals surface area contributed by atoms with E-state index in [0.717, 1.165) is 36.0 Å². The molecule has 6 aromatic carbocycles. The van der Waals surface area contributed by atoms with Crippen LogP contribution in [0.1, 0.15) is 54.9 Å². The molecule has 94 heavy (non-hydrogen) atoms. The molecule has 25 heteroatoms. The summed E-state index contributed by atoms with van der Waals surface area (Å²) in [6, 6.07) is 49.3. The van der Waals surface area contributed by atoms with Crippen molar-refractivity contribution in [3.8, 4) is 28.7 Å². The van der Waals surface area contributed by atoms with Gasteiger partial charge in [-0.2, -0.15) is 11.8 Å². The Hall–Kier alpha value is -1.67. The van der Waals surface area contributed by atoms with Crippen LogP contribution in [-0.2, 0) is 93.0 Å². The molecule has 0 saturated carbocycles. The summed E-state index contributed by atoms with van der Waals surface area (Å²) in [5.74, 6) is 11.3. The van der Waals surface area contributed by atoms with Crippen molar-refractivity contribution >= 4 is 219 Å². The predicted molar refractivity (Wildman–Crippen MR) is 438 cm³/mol. The summed E-state index contributed by atoms with van der Waals surface area (Å²) in [5.41, 5.74) is 0. The van der Waals surface area contributed by atoms with Crippen LogP contribution in [0.25, 0.3) is 0 Å². The third-order valence-corrected chi connectivity index (χ3v) is 30.8. The highest BCUT2D eigenvalue weighted by atomic mass is 127. The number of halogens is 5. The average molecular weight is 1980 g/mol. The lowest BCUT2D eigenvalue weighted by molar-refractivity contribution is -0.136. The fourth-order valence-corrected chi connectivity index (χ4v) is 21.4. The highest BCUT2D eigenvalue weighted by Crippen LogP contribution is 2.30. The van der Waals surface area contributed by atoms with E-state index in [0.29, 0.717) is 62.0 Å². The molecular weight excluding hydrogens is 1900 g/mol. The average Bonchev–Trinajstić information content (AvgIpc) is 0.888. The Labute approximate surface area is 644 Å². The highest BCUT2D eigenvalue weighted by Gasteiger charge is 2.34. The first-order chi connectivity index (χ1) is 44.4. The van der Waals surface area contributed by atoms with Gasteiger partial charge in [-0.05, 0) is 181 Å². The smallest absolute Gasteiger partial charge is 0.327 e. The van der Waals surface area contributed by atoms with Gasteiger partial charge < -0.3 is 28.4 Å². The molecule has 510 valence electrons. The molecular formula is C69H84I5O13S7+5. The van der Waals surface area contributed by atoms with E-state index in [9.17, 15) is 32.4 Å². The van der Waals surface area contributed by atoms with Crippen LogP contribution in [0.2, 0.25) is 0 Å². The van der Waals surface area contributed by atoms with Gasteiger partial charge in [-0.3, -0.25) is 24.0 Å². The number of benzene rings is 6. The van der Waals surface area contributed by atoms with Crippen LogP contribution in [0.4, 0.5) is 0 Å². The van der Waals surface area contributed by atoms with Crippen LogP contribution in [0, 0.1) is 0 Å². The topological polar surface area (TPSA) is 175 Å². The summed E-state index contributed by atoms with van der Waals surface area (Å²) in [6.45, 7) is 14.7. The molecule has 3 saturated heterocycles. The van der Waals surface area contributed by atoms with E-state index in [4.69, 9.17) is 28.4 Å². The maximum Gasteiger partial charge on any atom is 0.327 e. The summed E-state index contributed by atoms with van der Waals surface area (Å²) in [6.07, 6.45) is 7.27. The minimum absolute atomic E-state index is 0.00551. The van der Waals surface area contributed by atoms with E-state index in [1.807, 2.05) is 167 Å². The first-order valence-electron chi connectivity index (χ1n) is 30.0. The van der Waals surface area contributed by atoms with Crippen molar-refractivity contribution in [2.24, 2.45) is 0 Å². The number of hydrogen-bond donors (Lipinski definition) is 0. The number of carbonyl (C=O) groups excluding carboxylic acids is 5. The summed E-state index contributed by atoms with van der Waals surface area (Å²) >= 11 is 12.4. The number of alkyl halides is 5. The minimum atomic E-state index is -2.82. The second-order valence-electron chi connectivity index (χ2n) is 22.0. The first kappa shape index (κ1) is 83.0. The zero-order valence-electron chi connectivity index (χ0n) is 54.4. The number of rotatable bonds is 17. The molecule has 0 radical (unpaired) electrons. The van der Waals surface area contributed by atoms with Gasteiger partial charge in [-0.1, -0.05) is 138 Å². The van der Waals surface area contributed by atoms with Crippen LogP contribution < -0.4 is 23.7 Å². The van der Waals surface area contributed by atoms with Crippen molar-refractivity contribution < 1.29 is 60.8 Å². The van der Waals surface area contributed by atoms with Crippen LogP contribution in [-0.4, -0.2) is 146 Å². The standard InChI is InChI=1S/C18H20IO2S.C13H16IO4S2.C13H16IO3S.C13H16IO2S2.C12H16IO2S/c1-4-18(2,19)17(20)21-14-10-12-16(13-11-14)22(3)15-8-6-5-7-9-15;1-10(14)13(15)18-11-2-4-12(5-3-11)19-6-8-20(16,17)9-7-19;1-10(14)13(15)17-11-2-4-12(5-3-11)18-8-6-16-7-9-18;1-10(14)13(15)16-11-2-4-12(5-3-11)18-8-6-17-7-9-18;1-12(2,13)11(14)15-9-5-7-10(8-6-9)16(3)4/h5-13H,4H2,1-3H3;2-5,10H,6-9H2,1H3;2*2-5,10H,6-9H2,1H3;5-8H,1-4H3/q5*+1. The SMILES string of the molecule is CC(I)C(=O)Oc1ccc([S+]2CCOCC2)cc1.CC(I)C(=O)Oc1ccc([S+]2CCS(=O)(=O)CC2)cc1.CC(I)C(=O)Oc1ccc([S+]2CCSCC2)cc1.CCC(C)(I)C(=O)Oc1ccc([S+](C)c2ccccc2)cc1.C[S+](C)c1ccc(OC(=O)C(C)(C)I)cc1. The van der Waals surface area contributed by atoms with Gasteiger partial charge in [0.2, 0.25) is 0 Å². The number of esters is 5. The summed E-state index contributed by atoms with van der Waals surface area (Å²) < 4.78 is 53.3. The van der Waals surface area contributed by atoms with Crippen LogP contribution in [0.3, 0.4) is 0 Å². The van der Waals surface area contributed by atoms with Gasteiger partial charge in [0.1, 0.15) is 101 Å². The van der Waals surface area contributed by atoms with Crippen LogP contribution in [0.5, 0.6) is 28.7 Å². The second kappa shape index (κ2) is 41.9. The van der Waals surface area contributed by atoms with Crippen molar-refractivity contribution in [1.29, 1.82) is 0 Å². The highest BCUT2D eigenvalue weighted by molar-refractivity contribution is 14.1. The Morgan fingerprint density at radius 1 is 0.489 bits per heavy atom. The van der Waals surface area contributed by atoms with E-state index in [1.165, 1.54) is 47.5 Å². The van der Waals surface area contributed by atoms with E-state index < -0.39 is 16.7 Å². The van der Waals surface area contributed by atoms with Crippen molar-refractivity contribution in [3.05, 3.63) is 152 Å². The zero-order valence-corrected chi connectivity index (χ0v) is 70.9. The number of sulfone groups is 1. The first-order valence-corrected chi connectivity index (χ1v) is 47.3. The maximum absolute atomic E-state index is 12.1.